The average Bonchev–Trinajstić information content (AvgIpc) is 2.96. The van der Waals surface area contributed by atoms with E-state index in [1.54, 1.807) is 6.07 Å². The molecule has 0 spiro atoms. The van der Waals surface area contributed by atoms with Crippen LogP contribution in [0.25, 0.3) is 0 Å². The molecule has 21 heavy (non-hydrogen) atoms. The van der Waals surface area contributed by atoms with E-state index in [9.17, 15) is 4.39 Å². The number of hydrogen-bond donors (Lipinski definition) is 2. The topological polar surface area (TPSA) is 50.5 Å². The molecule has 3 unspecified atom stereocenters. The first-order valence-electron chi connectivity index (χ1n) is 7.43. The standard InChI is InChI=1S/C15H21BrFN3O/c16-15-10(3-1-5-12(15)17)7-13(19-18)14-8-20-6-2-4-11(20)9-21-14/h1,3,5,11,13-14,19H,2,4,6-9,18H2. The first-order valence-corrected chi connectivity index (χ1v) is 8.23. The van der Waals surface area contributed by atoms with Gasteiger partial charge in [0.05, 0.1) is 23.2 Å². The summed E-state index contributed by atoms with van der Waals surface area (Å²) >= 11 is 3.31. The molecule has 1 aromatic carbocycles. The van der Waals surface area contributed by atoms with Crippen LogP contribution in [-0.4, -0.2) is 42.8 Å². The van der Waals surface area contributed by atoms with Crippen molar-refractivity contribution < 1.29 is 9.13 Å². The second-order valence-electron chi connectivity index (χ2n) is 5.85. The summed E-state index contributed by atoms with van der Waals surface area (Å²) in [5.74, 6) is 5.48. The molecular formula is C15H21BrFN3O. The molecule has 2 heterocycles. The fourth-order valence-electron chi connectivity index (χ4n) is 3.33. The molecule has 0 amide bonds. The van der Waals surface area contributed by atoms with E-state index in [1.165, 1.54) is 18.9 Å². The Morgan fingerprint density at radius 3 is 3.19 bits per heavy atom. The van der Waals surface area contributed by atoms with E-state index in [1.807, 2.05) is 6.07 Å². The summed E-state index contributed by atoms with van der Waals surface area (Å²) in [4.78, 5) is 2.49. The third-order valence-corrected chi connectivity index (χ3v) is 5.44. The lowest BCUT2D eigenvalue weighted by molar-refractivity contribution is -0.0644. The lowest BCUT2D eigenvalue weighted by atomic mass is 10.00. The lowest BCUT2D eigenvalue weighted by Crippen LogP contribution is -2.56. The van der Waals surface area contributed by atoms with Gasteiger partial charge in [0.15, 0.2) is 0 Å². The molecule has 2 fully saturated rings. The summed E-state index contributed by atoms with van der Waals surface area (Å²) < 4.78 is 20.1. The van der Waals surface area contributed by atoms with Crippen molar-refractivity contribution in [3.63, 3.8) is 0 Å². The maximum atomic E-state index is 13.6. The number of halogens is 2. The Kier molecular flexibility index (Phi) is 4.91. The number of nitrogens with zero attached hydrogens (tertiary/aromatic N) is 1. The third kappa shape index (κ3) is 3.29. The molecule has 116 valence electrons. The molecule has 2 aliphatic rings. The number of nitrogens with two attached hydrogens (primary N) is 1. The molecule has 0 aromatic heterocycles. The van der Waals surface area contributed by atoms with Gasteiger partial charge in [0.2, 0.25) is 0 Å². The van der Waals surface area contributed by atoms with E-state index >= 15 is 0 Å². The molecule has 1 aromatic rings. The molecule has 6 heteroatoms. The summed E-state index contributed by atoms with van der Waals surface area (Å²) in [6, 6.07) is 5.63. The number of fused-ring (bicyclic) bond motifs is 1. The maximum absolute atomic E-state index is 13.6. The minimum Gasteiger partial charge on any atom is -0.374 e. The van der Waals surface area contributed by atoms with Crippen molar-refractivity contribution in [2.45, 2.75) is 37.5 Å². The van der Waals surface area contributed by atoms with E-state index in [0.717, 1.165) is 25.3 Å². The number of rotatable bonds is 4. The average molecular weight is 358 g/mol. The van der Waals surface area contributed by atoms with Crippen LogP contribution in [0.15, 0.2) is 22.7 Å². The summed E-state index contributed by atoms with van der Waals surface area (Å²) in [6.45, 7) is 2.81. The Morgan fingerprint density at radius 1 is 1.52 bits per heavy atom. The van der Waals surface area contributed by atoms with E-state index in [0.29, 0.717) is 16.9 Å². The molecule has 0 bridgehead atoms. The highest BCUT2D eigenvalue weighted by molar-refractivity contribution is 9.10. The van der Waals surface area contributed by atoms with Crippen LogP contribution in [0.3, 0.4) is 0 Å². The van der Waals surface area contributed by atoms with Crippen LogP contribution < -0.4 is 11.3 Å². The third-order valence-electron chi connectivity index (χ3n) is 4.55. The van der Waals surface area contributed by atoms with Crippen molar-refractivity contribution in [3.05, 3.63) is 34.1 Å². The van der Waals surface area contributed by atoms with E-state index in [4.69, 9.17) is 10.6 Å². The van der Waals surface area contributed by atoms with Crippen LogP contribution in [0, 0.1) is 5.82 Å². The molecular weight excluding hydrogens is 337 g/mol. The van der Waals surface area contributed by atoms with Crippen molar-refractivity contribution in [3.8, 4) is 0 Å². The Hall–Kier alpha value is -0.530. The van der Waals surface area contributed by atoms with Gasteiger partial charge >= 0.3 is 0 Å². The quantitative estimate of drug-likeness (QED) is 0.637. The highest BCUT2D eigenvalue weighted by Crippen LogP contribution is 2.26. The molecule has 3 atom stereocenters. The van der Waals surface area contributed by atoms with Crippen molar-refractivity contribution in [1.29, 1.82) is 0 Å². The maximum Gasteiger partial charge on any atom is 0.137 e. The fraction of sp³-hybridized carbons (Fsp3) is 0.600. The summed E-state index contributed by atoms with van der Waals surface area (Å²) in [5.41, 5.74) is 3.76. The summed E-state index contributed by atoms with van der Waals surface area (Å²) in [7, 11) is 0. The van der Waals surface area contributed by atoms with Gasteiger partial charge in [0, 0.05) is 12.6 Å². The van der Waals surface area contributed by atoms with Crippen molar-refractivity contribution in [1.82, 2.24) is 10.3 Å². The second kappa shape index (κ2) is 6.71. The van der Waals surface area contributed by atoms with Crippen LogP contribution in [0.2, 0.25) is 0 Å². The summed E-state index contributed by atoms with van der Waals surface area (Å²) in [5, 5.41) is 0. The van der Waals surface area contributed by atoms with Gasteiger partial charge < -0.3 is 4.74 Å². The van der Waals surface area contributed by atoms with Crippen LogP contribution >= 0.6 is 15.9 Å². The zero-order chi connectivity index (χ0) is 14.8. The molecule has 3 rings (SSSR count). The number of nitrogens with one attached hydrogen (secondary N) is 1. The summed E-state index contributed by atoms with van der Waals surface area (Å²) in [6.07, 6.45) is 3.15. The van der Waals surface area contributed by atoms with E-state index in [2.05, 4.69) is 26.3 Å². The van der Waals surface area contributed by atoms with Gasteiger partial charge in [-0.2, -0.15) is 0 Å². The van der Waals surface area contributed by atoms with Gasteiger partial charge in [-0.3, -0.25) is 16.2 Å². The monoisotopic (exact) mass is 357 g/mol. The van der Waals surface area contributed by atoms with Gasteiger partial charge in [-0.25, -0.2) is 4.39 Å². The SMILES string of the molecule is NNC(Cc1cccc(F)c1Br)C1CN2CCCC2CO1. The van der Waals surface area contributed by atoms with Crippen LogP contribution in [0.4, 0.5) is 4.39 Å². The molecule has 4 nitrogen and oxygen atoms in total. The normalized spacial score (nSPS) is 27.6. The zero-order valence-corrected chi connectivity index (χ0v) is 13.5. The van der Waals surface area contributed by atoms with Crippen LogP contribution in [0.1, 0.15) is 18.4 Å². The van der Waals surface area contributed by atoms with Gasteiger partial charge in [0.25, 0.3) is 0 Å². The smallest absolute Gasteiger partial charge is 0.137 e. The van der Waals surface area contributed by atoms with Gasteiger partial charge in [0.1, 0.15) is 5.82 Å². The second-order valence-corrected chi connectivity index (χ2v) is 6.65. The van der Waals surface area contributed by atoms with Crippen molar-refractivity contribution in [2.24, 2.45) is 5.84 Å². The predicted molar refractivity (Wildman–Crippen MR) is 83.3 cm³/mol. The first kappa shape index (κ1) is 15.4. The highest BCUT2D eigenvalue weighted by Gasteiger charge is 2.35. The molecule has 0 radical (unpaired) electrons. The van der Waals surface area contributed by atoms with Gasteiger partial charge in [-0.05, 0) is 53.4 Å². The van der Waals surface area contributed by atoms with E-state index < -0.39 is 0 Å². The van der Waals surface area contributed by atoms with Crippen LogP contribution in [0.5, 0.6) is 0 Å². The highest BCUT2D eigenvalue weighted by atomic mass is 79.9. The Balaban J connectivity index is 1.69. The number of hydrazine groups is 1. The Bertz CT molecular complexity index is 502. The zero-order valence-electron chi connectivity index (χ0n) is 11.9. The van der Waals surface area contributed by atoms with Gasteiger partial charge in [-0.1, -0.05) is 12.1 Å². The largest absolute Gasteiger partial charge is 0.374 e. The van der Waals surface area contributed by atoms with Crippen molar-refractivity contribution in [2.75, 3.05) is 19.7 Å². The minimum atomic E-state index is -0.243. The number of morpholine rings is 1. The minimum absolute atomic E-state index is 0.0235. The molecule has 2 saturated heterocycles. The molecule has 0 saturated carbocycles. The fourth-order valence-corrected chi connectivity index (χ4v) is 3.75. The lowest BCUT2D eigenvalue weighted by Gasteiger charge is -2.38. The molecule has 0 aliphatic carbocycles. The van der Waals surface area contributed by atoms with Gasteiger partial charge in [-0.15, -0.1) is 0 Å². The molecule has 2 aliphatic heterocycles. The molecule has 3 N–H and O–H groups in total. The first-order chi connectivity index (χ1) is 10.2. The Labute approximate surface area is 132 Å². The number of benzene rings is 1. The van der Waals surface area contributed by atoms with Crippen LogP contribution in [-0.2, 0) is 11.2 Å². The number of hydrogen-bond acceptors (Lipinski definition) is 4. The predicted octanol–water partition coefficient (Wildman–Crippen LogP) is 1.83. The Morgan fingerprint density at radius 2 is 2.38 bits per heavy atom. The van der Waals surface area contributed by atoms with Crippen molar-refractivity contribution >= 4 is 15.9 Å². The van der Waals surface area contributed by atoms with E-state index in [-0.39, 0.29) is 18.0 Å². The number of ether oxygens (including phenoxy) is 1.